The van der Waals surface area contributed by atoms with Crippen molar-refractivity contribution in [2.45, 2.75) is 13.1 Å². The molecule has 0 aliphatic heterocycles. The summed E-state index contributed by atoms with van der Waals surface area (Å²) in [6.07, 6.45) is 0. The van der Waals surface area contributed by atoms with Gasteiger partial charge in [-0.3, -0.25) is 4.99 Å². The highest BCUT2D eigenvalue weighted by atomic mass is 127. The van der Waals surface area contributed by atoms with Crippen molar-refractivity contribution < 1.29 is 4.39 Å². The standard InChI is InChI=1S/C17H17FN4.HI/c1-20-17(22-12-15-6-8-16(18)9-7-15)21-11-14-4-2-13(10-19)3-5-14;/h2-9H,11-12H2,1H3,(H2,20,21,22);1H. The molecule has 0 unspecified atom stereocenters. The molecule has 2 aromatic carbocycles. The molecule has 4 nitrogen and oxygen atoms in total. The van der Waals surface area contributed by atoms with Crippen molar-refractivity contribution in [1.29, 1.82) is 5.26 Å². The van der Waals surface area contributed by atoms with E-state index in [1.165, 1.54) is 12.1 Å². The summed E-state index contributed by atoms with van der Waals surface area (Å²) in [5.74, 6) is 0.417. The average Bonchev–Trinajstić information content (AvgIpc) is 2.57. The van der Waals surface area contributed by atoms with Crippen molar-refractivity contribution in [2.24, 2.45) is 4.99 Å². The van der Waals surface area contributed by atoms with Gasteiger partial charge in [0.1, 0.15) is 5.82 Å². The van der Waals surface area contributed by atoms with Crippen LogP contribution in [0.4, 0.5) is 4.39 Å². The molecule has 0 aliphatic rings. The minimum atomic E-state index is -0.243. The molecule has 0 bridgehead atoms. The van der Waals surface area contributed by atoms with Crippen LogP contribution in [0.2, 0.25) is 0 Å². The number of hydrogen-bond acceptors (Lipinski definition) is 2. The molecule has 6 heteroatoms. The molecule has 0 saturated heterocycles. The molecule has 2 N–H and O–H groups in total. The minimum Gasteiger partial charge on any atom is -0.352 e. The summed E-state index contributed by atoms with van der Waals surface area (Å²) in [5, 5.41) is 15.1. The molecular weight excluding hydrogens is 406 g/mol. The molecule has 0 spiro atoms. The SMILES string of the molecule is CN=C(NCc1ccc(F)cc1)NCc1ccc(C#N)cc1.I. The van der Waals surface area contributed by atoms with E-state index in [2.05, 4.69) is 21.7 Å². The van der Waals surface area contributed by atoms with Crippen LogP contribution in [0.1, 0.15) is 16.7 Å². The van der Waals surface area contributed by atoms with Gasteiger partial charge in [0.05, 0.1) is 11.6 Å². The molecule has 0 saturated carbocycles. The van der Waals surface area contributed by atoms with E-state index in [9.17, 15) is 4.39 Å². The monoisotopic (exact) mass is 424 g/mol. The Morgan fingerprint density at radius 3 is 1.91 bits per heavy atom. The number of rotatable bonds is 4. The van der Waals surface area contributed by atoms with Crippen molar-refractivity contribution in [3.05, 3.63) is 71.0 Å². The van der Waals surface area contributed by atoms with Gasteiger partial charge in [0.2, 0.25) is 0 Å². The topological polar surface area (TPSA) is 60.2 Å². The van der Waals surface area contributed by atoms with Gasteiger partial charge in [0, 0.05) is 20.1 Å². The fourth-order valence-corrected chi connectivity index (χ4v) is 1.89. The third-order valence-electron chi connectivity index (χ3n) is 3.14. The Balaban J connectivity index is 0.00000264. The summed E-state index contributed by atoms with van der Waals surface area (Å²) in [6, 6.07) is 15.8. The Morgan fingerprint density at radius 2 is 1.48 bits per heavy atom. The molecule has 0 heterocycles. The molecule has 0 aliphatic carbocycles. The normalized spacial score (nSPS) is 10.4. The van der Waals surface area contributed by atoms with E-state index in [1.807, 2.05) is 12.1 Å². The first-order valence-corrected chi connectivity index (χ1v) is 6.89. The van der Waals surface area contributed by atoms with Crippen molar-refractivity contribution in [3.63, 3.8) is 0 Å². The van der Waals surface area contributed by atoms with Crippen LogP contribution in [0, 0.1) is 17.1 Å². The fourth-order valence-electron chi connectivity index (χ4n) is 1.89. The van der Waals surface area contributed by atoms with Gasteiger partial charge in [-0.05, 0) is 35.4 Å². The molecule has 120 valence electrons. The summed E-state index contributed by atoms with van der Waals surface area (Å²) in [7, 11) is 1.69. The summed E-state index contributed by atoms with van der Waals surface area (Å²) in [6.45, 7) is 1.17. The smallest absolute Gasteiger partial charge is 0.191 e. The molecule has 0 fully saturated rings. The van der Waals surface area contributed by atoms with Gasteiger partial charge in [-0.15, -0.1) is 24.0 Å². The van der Waals surface area contributed by atoms with Crippen LogP contribution < -0.4 is 10.6 Å². The zero-order valence-electron chi connectivity index (χ0n) is 12.7. The molecule has 2 rings (SSSR count). The lowest BCUT2D eigenvalue weighted by Crippen LogP contribution is -2.36. The van der Waals surface area contributed by atoms with E-state index < -0.39 is 0 Å². The molecule has 0 radical (unpaired) electrons. The maximum atomic E-state index is 12.8. The number of hydrogen-bond donors (Lipinski definition) is 2. The van der Waals surface area contributed by atoms with Crippen molar-refractivity contribution in [3.8, 4) is 6.07 Å². The van der Waals surface area contributed by atoms with E-state index in [1.54, 1.807) is 31.3 Å². The Bertz CT molecular complexity index is 675. The van der Waals surface area contributed by atoms with Gasteiger partial charge >= 0.3 is 0 Å². The van der Waals surface area contributed by atoms with Crippen LogP contribution >= 0.6 is 24.0 Å². The van der Waals surface area contributed by atoms with Crippen LogP contribution in [0.15, 0.2) is 53.5 Å². The predicted molar refractivity (Wildman–Crippen MR) is 100 cm³/mol. The number of nitriles is 1. The highest BCUT2D eigenvalue weighted by Gasteiger charge is 2.00. The molecule has 0 atom stereocenters. The van der Waals surface area contributed by atoms with Crippen molar-refractivity contribution in [2.75, 3.05) is 7.05 Å². The first-order valence-electron chi connectivity index (χ1n) is 6.89. The Labute approximate surface area is 152 Å². The van der Waals surface area contributed by atoms with Crippen LogP contribution in [0.3, 0.4) is 0 Å². The van der Waals surface area contributed by atoms with Crippen LogP contribution in [-0.4, -0.2) is 13.0 Å². The average molecular weight is 424 g/mol. The lowest BCUT2D eigenvalue weighted by Gasteiger charge is -2.12. The summed E-state index contributed by atoms with van der Waals surface area (Å²) < 4.78 is 12.8. The Hall–Kier alpha value is -2.14. The minimum absolute atomic E-state index is 0. The number of nitrogens with one attached hydrogen (secondary N) is 2. The molecule has 0 amide bonds. The highest BCUT2D eigenvalue weighted by molar-refractivity contribution is 14.0. The van der Waals surface area contributed by atoms with Gasteiger partial charge in [-0.25, -0.2) is 4.39 Å². The first kappa shape index (κ1) is 18.9. The van der Waals surface area contributed by atoms with Gasteiger partial charge in [-0.1, -0.05) is 24.3 Å². The fraction of sp³-hybridized carbons (Fsp3) is 0.176. The molecule has 23 heavy (non-hydrogen) atoms. The van der Waals surface area contributed by atoms with Gasteiger partial charge in [0.25, 0.3) is 0 Å². The zero-order chi connectivity index (χ0) is 15.8. The highest BCUT2D eigenvalue weighted by Crippen LogP contribution is 2.03. The molecular formula is C17H18FIN4. The van der Waals surface area contributed by atoms with Crippen LogP contribution in [0.5, 0.6) is 0 Å². The second-order valence-corrected chi connectivity index (χ2v) is 4.71. The lowest BCUT2D eigenvalue weighted by atomic mass is 10.1. The second kappa shape index (κ2) is 9.79. The van der Waals surface area contributed by atoms with E-state index in [4.69, 9.17) is 5.26 Å². The van der Waals surface area contributed by atoms with E-state index in [-0.39, 0.29) is 29.8 Å². The number of nitrogens with zero attached hydrogens (tertiary/aromatic N) is 2. The van der Waals surface area contributed by atoms with Gasteiger partial charge in [0.15, 0.2) is 5.96 Å². The lowest BCUT2D eigenvalue weighted by molar-refractivity contribution is 0.626. The van der Waals surface area contributed by atoms with Crippen molar-refractivity contribution >= 4 is 29.9 Å². The molecule has 2 aromatic rings. The Kier molecular flexibility index (Phi) is 8.05. The number of benzene rings is 2. The van der Waals surface area contributed by atoms with Gasteiger partial charge < -0.3 is 10.6 Å². The quantitative estimate of drug-likeness (QED) is 0.451. The Morgan fingerprint density at radius 1 is 1.00 bits per heavy atom. The number of guanidine groups is 1. The third kappa shape index (κ3) is 6.24. The largest absolute Gasteiger partial charge is 0.352 e. The second-order valence-electron chi connectivity index (χ2n) is 4.71. The van der Waals surface area contributed by atoms with Crippen LogP contribution in [-0.2, 0) is 13.1 Å². The summed E-state index contributed by atoms with van der Waals surface area (Å²) >= 11 is 0. The maximum Gasteiger partial charge on any atom is 0.191 e. The van der Waals surface area contributed by atoms with E-state index in [0.29, 0.717) is 24.6 Å². The van der Waals surface area contributed by atoms with Gasteiger partial charge in [-0.2, -0.15) is 5.26 Å². The predicted octanol–water partition coefficient (Wildman–Crippen LogP) is 3.18. The first-order chi connectivity index (χ1) is 10.7. The van der Waals surface area contributed by atoms with Crippen molar-refractivity contribution in [1.82, 2.24) is 10.6 Å². The maximum absolute atomic E-state index is 12.8. The van der Waals surface area contributed by atoms with E-state index in [0.717, 1.165) is 11.1 Å². The number of aliphatic imine (C=N–C) groups is 1. The third-order valence-corrected chi connectivity index (χ3v) is 3.14. The number of halogens is 2. The molecule has 0 aromatic heterocycles. The van der Waals surface area contributed by atoms with E-state index >= 15 is 0 Å². The zero-order valence-corrected chi connectivity index (χ0v) is 15.0. The summed E-state index contributed by atoms with van der Waals surface area (Å²) in [5.41, 5.74) is 2.68. The summed E-state index contributed by atoms with van der Waals surface area (Å²) in [4.78, 5) is 4.14. The van der Waals surface area contributed by atoms with Crippen LogP contribution in [0.25, 0.3) is 0 Å².